The Bertz CT molecular complexity index is 699. The number of hydrogen-bond donors (Lipinski definition) is 1. The number of hydrogen-bond acceptors (Lipinski definition) is 1. The SMILES string of the molecule is O=C(CC1CCCCC(C2CCCCCCCC2)CC(C2CCCCCCCCCC2)C1)NC1CCCCCCCCCCC1. The van der Waals surface area contributed by atoms with Crippen LogP contribution in [0.1, 0.15) is 231 Å². The van der Waals surface area contributed by atoms with E-state index in [1.807, 2.05) is 0 Å². The molecule has 45 heavy (non-hydrogen) atoms. The van der Waals surface area contributed by atoms with Gasteiger partial charge in [-0.3, -0.25) is 4.79 Å². The van der Waals surface area contributed by atoms with E-state index in [-0.39, 0.29) is 0 Å². The normalized spacial score (nSPS) is 30.4. The van der Waals surface area contributed by atoms with E-state index in [1.54, 1.807) is 0 Å². The van der Waals surface area contributed by atoms with Crippen molar-refractivity contribution in [3.05, 3.63) is 0 Å². The summed E-state index contributed by atoms with van der Waals surface area (Å²) in [6.45, 7) is 0. The highest BCUT2D eigenvalue weighted by Gasteiger charge is 2.32. The quantitative estimate of drug-likeness (QED) is 0.323. The van der Waals surface area contributed by atoms with E-state index in [9.17, 15) is 4.79 Å². The molecular formula is C43H79NO. The second-order valence-electron chi connectivity index (χ2n) is 17.0. The first-order valence-corrected chi connectivity index (χ1v) is 21.6. The lowest BCUT2D eigenvalue weighted by Crippen LogP contribution is -2.36. The molecule has 0 heterocycles. The third kappa shape index (κ3) is 15.9. The molecule has 0 bridgehead atoms. The van der Waals surface area contributed by atoms with Crippen LogP contribution in [0.4, 0.5) is 0 Å². The largest absolute Gasteiger partial charge is 0.353 e. The summed E-state index contributed by atoms with van der Waals surface area (Å²) in [5, 5.41) is 3.64. The molecule has 1 amide bonds. The van der Waals surface area contributed by atoms with Crippen molar-refractivity contribution < 1.29 is 4.79 Å². The van der Waals surface area contributed by atoms with E-state index in [4.69, 9.17) is 0 Å². The lowest BCUT2D eigenvalue weighted by Gasteiger charge is -2.35. The zero-order valence-electron chi connectivity index (χ0n) is 30.3. The minimum atomic E-state index is 0.408. The van der Waals surface area contributed by atoms with Crippen molar-refractivity contribution in [1.82, 2.24) is 5.32 Å². The van der Waals surface area contributed by atoms with E-state index in [0.717, 1.165) is 30.1 Å². The van der Waals surface area contributed by atoms with Crippen LogP contribution in [0.25, 0.3) is 0 Å². The maximum absolute atomic E-state index is 13.7. The third-order valence-corrected chi connectivity index (χ3v) is 13.3. The smallest absolute Gasteiger partial charge is 0.220 e. The van der Waals surface area contributed by atoms with Crippen molar-refractivity contribution in [3.8, 4) is 0 Å². The Morgan fingerprint density at radius 2 is 0.689 bits per heavy atom. The molecule has 0 aromatic rings. The topological polar surface area (TPSA) is 29.1 Å². The standard InChI is InChI=1S/C43H79NO/c45-43(44-42-32-22-16-8-2-1-3-9-17-23-33-42)35-37-26-24-25-31-40(38-27-18-14-10-11-15-19-28-38)36-41(34-37)39-29-20-12-6-4-5-7-13-21-30-39/h37-42H,1-36H2,(H,44,45). The van der Waals surface area contributed by atoms with Gasteiger partial charge in [-0.25, -0.2) is 0 Å². The Hall–Kier alpha value is -0.530. The molecule has 2 nitrogen and oxygen atoms in total. The van der Waals surface area contributed by atoms with Crippen LogP contribution >= 0.6 is 0 Å². The van der Waals surface area contributed by atoms with Gasteiger partial charge in [-0.2, -0.15) is 0 Å². The van der Waals surface area contributed by atoms with Gasteiger partial charge in [0.25, 0.3) is 0 Å². The van der Waals surface area contributed by atoms with E-state index < -0.39 is 0 Å². The second kappa shape index (κ2) is 23.7. The van der Waals surface area contributed by atoms with E-state index >= 15 is 0 Å². The highest BCUT2D eigenvalue weighted by atomic mass is 16.1. The van der Waals surface area contributed by atoms with Crippen LogP contribution in [-0.2, 0) is 4.79 Å². The average Bonchev–Trinajstić information content (AvgIpc) is 3.19. The zero-order valence-corrected chi connectivity index (χ0v) is 30.3. The van der Waals surface area contributed by atoms with Crippen molar-refractivity contribution in [3.63, 3.8) is 0 Å². The van der Waals surface area contributed by atoms with E-state index in [2.05, 4.69) is 5.32 Å². The summed E-state index contributed by atoms with van der Waals surface area (Å²) in [5.74, 6) is 4.73. The fourth-order valence-corrected chi connectivity index (χ4v) is 10.5. The van der Waals surface area contributed by atoms with Crippen molar-refractivity contribution in [2.24, 2.45) is 29.6 Å². The summed E-state index contributed by atoms with van der Waals surface area (Å²) in [7, 11) is 0. The first kappa shape index (κ1) is 37.3. The molecule has 0 aromatic carbocycles. The summed E-state index contributed by atoms with van der Waals surface area (Å²) < 4.78 is 0. The molecule has 0 spiro atoms. The van der Waals surface area contributed by atoms with Crippen LogP contribution in [0.2, 0.25) is 0 Å². The highest BCUT2D eigenvalue weighted by Crippen LogP contribution is 2.43. The van der Waals surface area contributed by atoms with Gasteiger partial charge in [-0.1, -0.05) is 193 Å². The van der Waals surface area contributed by atoms with Crippen LogP contribution in [0.5, 0.6) is 0 Å². The van der Waals surface area contributed by atoms with Crippen molar-refractivity contribution in [2.75, 3.05) is 0 Å². The fraction of sp³-hybridized carbons (Fsp3) is 0.977. The van der Waals surface area contributed by atoms with Gasteiger partial charge in [-0.05, 0) is 61.7 Å². The maximum Gasteiger partial charge on any atom is 0.220 e. The predicted octanol–water partition coefficient (Wildman–Crippen LogP) is 13.7. The number of rotatable bonds is 5. The van der Waals surface area contributed by atoms with Crippen LogP contribution in [0, 0.1) is 29.6 Å². The van der Waals surface area contributed by atoms with E-state index in [1.165, 1.54) is 225 Å². The molecule has 262 valence electrons. The van der Waals surface area contributed by atoms with Gasteiger partial charge in [-0.15, -0.1) is 0 Å². The van der Waals surface area contributed by atoms with Gasteiger partial charge in [0.05, 0.1) is 0 Å². The Kier molecular flexibility index (Phi) is 19.7. The molecule has 0 radical (unpaired) electrons. The molecule has 1 N–H and O–H groups in total. The minimum Gasteiger partial charge on any atom is -0.353 e. The highest BCUT2D eigenvalue weighted by molar-refractivity contribution is 5.76. The summed E-state index contributed by atoms with van der Waals surface area (Å²) >= 11 is 0. The molecule has 0 aromatic heterocycles. The molecule has 4 fully saturated rings. The van der Waals surface area contributed by atoms with Gasteiger partial charge >= 0.3 is 0 Å². The van der Waals surface area contributed by atoms with Gasteiger partial charge < -0.3 is 5.32 Å². The van der Waals surface area contributed by atoms with Crippen molar-refractivity contribution in [2.45, 2.75) is 237 Å². The number of amides is 1. The number of carbonyl (C=O) groups is 1. The van der Waals surface area contributed by atoms with Gasteiger partial charge in [0.1, 0.15) is 0 Å². The maximum atomic E-state index is 13.7. The summed E-state index contributed by atoms with van der Waals surface area (Å²) in [4.78, 5) is 13.7. The minimum absolute atomic E-state index is 0.408. The van der Waals surface area contributed by atoms with Gasteiger partial charge in [0.15, 0.2) is 0 Å². The fourth-order valence-electron chi connectivity index (χ4n) is 10.5. The van der Waals surface area contributed by atoms with E-state index in [0.29, 0.717) is 17.9 Å². The van der Waals surface area contributed by atoms with Crippen LogP contribution in [0.15, 0.2) is 0 Å². The lowest BCUT2D eigenvalue weighted by molar-refractivity contribution is -0.123. The van der Waals surface area contributed by atoms with Gasteiger partial charge in [0, 0.05) is 12.5 Å². The average molecular weight is 626 g/mol. The van der Waals surface area contributed by atoms with Crippen LogP contribution in [0.3, 0.4) is 0 Å². The molecule has 4 saturated carbocycles. The molecule has 4 aliphatic carbocycles. The summed E-state index contributed by atoms with van der Waals surface area (Å²) in [6.07, 6.45) is 50.6. The molecule has 2 heteroatoms. The molecule has 4 aliphatic rings. The van der Waals surface area contributed by atoms with Gasteiger partial charge in [0.2, 0.25) is 5.91 Å². The second-order valence-corrected chi connectivity index (χ2v) is 17.0. The summed E-state index contributed by atoms with van der Waals surface area (Å²) in [5.41, 5.74) is 0. The molecular weight excluding hydrogens is 546 g/mol. The van der Waals surface area contributed by atoms with Crippen LogP contribution in [-0.4, -0.2) is 11.9 Å². The first-order valence-electron chi connectivity index (χ1n) is 21.6. The van der Waals surface area contributed by atoms with Crippen molar-refractivity contribution >= 4 is 5.91 Å². The first-order chi connectivity index (χ1) is 22.3. The summed E-state index contributed by atoms with van der Waals surface area (Å²) in [6, 6.07) is 0.430. The van der Waals surface area contributed by atoms with Crippen molar-refractivity contribution in [1.29, 1.82) is 0 Å². The molecule has 4 rings (SSSR count). The Labute approximate surface area is 282 Å². The Morgan fingerprint density at radius 1 is 0.356 bits per heavy atom. The van der Waals surface area contributed by atoms with Crippen LogP contribution < -0.4 is 5.32 Å². The molecule has 3 atom stereocenters. The Balaban J connectivity index is 1.41. The molecule has 0 saturated heterocycles. The number of carbonyl (C=O) groups excluding carboxylic acids is 1. The number of nitrogens with one attached hydrogen (secondary N) is 1. The predicted molar refractivity (Wildman–Crippen MR) is 196 cm³/mol. The zero-order chi connectivity index (χ0) is 31.2. The Morgan fingerprint density at radius 3 is 1.16 bits per heavy atom. The molecule has 3 unspecified atom stereocenters. The monoisotopic (exact) mass is 626 g/mol. The molecule has 0 aliphatic heterocycles. The lowest BCUT2D eigenvalue weighted by atomic mass is 9.70. The third-order valence-electron chi connectivity index (χ3n) is 13.3.